The highest BCUT2D eigenvalue weighted by atomic mass is 16.3. The molecule has 1 aromatic rings. The van der Waals surface area contributed by atoms with Crippen molar-refractivity contribution < 1.29 is 5.11 Å². The standard InChI is InChI=1S/C11H15N3O/c1-8(12-2)9-3-4-13-11(5-9)14-6-10(15)7-14/h3-5,8,10,15H,2,6-7H2,1H3. The molecule has 1 aromatic heterocycles. The average molecular weight is 205 g/mol. The smallest absolute Gasteiger partial charge is 0.128 e. The molecule has 1 fully saturated rings. The van der Waals surface area contributed by atoms with Gasteiger partial charge in [-0.1, -0.05) is 0 Å². The Bertz CT molecular complexity index is 361. The number of hydrogen-bond acceptors (Lipinski definition) is 4. The van der Waals surface area contributed by atoms with Crippen molar-refractivity contribution in [2.75, 3.05) is 18.0 Å². The summed E-state index contributed by atoms with van der Waals surface area (Å²) < 4.78 is 0. The zero-order valence-electron chi connectivity index (χ0n) is 8.80. The summed E-state index contributed by atoms with van der Waals surface area (Å²) >= 11 is 0. The highest BCUT2D eigenvalue weighted by molar-refractivity contribution is 5.45. The molecule has 0 radical (unpaired) electrons. The molecule has 1 aliphatic heterocycles. The van der Waals surface area contributed by atoms with E-state index < -0.39 is 0 Å². The van der Waals surface area contributed by atoms with E-state index in [-0.39, 0.29) is 12.1 Å². The lowest BCUT2D eigenvalue weighted by Crippen LogP contribution is -2.51. The van der Waals surface area contributed by atoms with Crippen LogP contribution in [0.25, 0.3) is 0 Å². The van der Waals surface area contributed by atoms with Crippen LogP contribution in [0.5, 0.6) is 0 Å². The number of nitrogens with zero attached hydrogens (tertiary/aromatic N) is 3. The second-order valence-electron chi connectivity index (χ2n) is 3.86. The maximum absolute atomic E-state index is 9.21. The summed E-state index contributed by atoms with van der Waals surface area (Å²) in [5.41, 5.74) is 1.11. The van der Waals surface area contributed by atoms with Gasteiger partial charge in [0.1, 0.15) is 5.82 Å². The van der Waals surface area contributed by atoms with Gasteiger partial charge in [-0.25, -0.2) is 4.98 Å². The quantitative estimate of drug-likeness (QED) is 0.750. The normalized spacial score (nSPS) is 18.4. The van der Waals surface area contributed by atoms with Crippen LogP contribution >= 0.6 is 0 Å². The Morgan fingerprint density at radius 2 is 2.40 bits per heavy atom. The van der Waals surface area contributed by atoms with Crippen LogP contribution in [0.15, 0.2) is 23.3 Å². The molecule has 1 saturated heterocycles. The molecule has 0 spiro atoms. The lowest BCUT2D eigenvalue weighted by atomic mass is 10.1. The Morgan fingerprint density at radius 3 is 3.00 bits per heavy atom. The van der Waals surface area contributed by atoms with Gasteiger partial charge < -0.3 is 10.0 Å². The van der Waals surface area contributed by atoms with Gasteiger partial charge in [0, 0.05) is 19.3 Å². The maximum atomic E-state index is 9.21. The fraction of sp³-hybridized carbons (Fsp3) is 0.455. The highest BCUT2D eigenvalue weighted by Gasteiger charge is 2.25. The van der Waals surface area contributed by atoms with Crippen molar-refractivity contribution >= 4 is 12.5 Å². The van der Waals surface area contributed by atoms with Gasteiger partial charge in [0.05, 0.1) is 12.1 Å². The van der Waals surface area contributed by atoms with Crippen molar-refractivity contribution in [3.63, 3.8) is 0 Å². The Hall–Kier alpha value is -1.42. The fourth-order valence-electron chi connectivity index (χ4n) is 1.61. The lowest BCUT2D eigenvalue weighted by Gasteiger charge is -2.37. The minimum atomic E-state index is -0.203. The molecule has 0 bridgehead atoms. The van der Waals surface area contributed by atoms with Crippen molar-refractivity contribution in [3.05, 3.63) is 23.9 Å². The third kappa shape index (κ3) is 1.99. The van der Waals surface area contributed by atoms with E-state index in [4.69, 9.17) is 0 Å². The van der Waals surface area contributed by atoms with Gasteiger partial charge in [-0.05, 0) is 31.3 Å². The summed E-state index contributed by atoms with van der Waals surface area (Å²) in [6.45, 7) is 6.88. The molecule has 1 atom stereocenters. The molecule has 4 nitrogen and oxygen atoms in total. The first-order valence-corrected chi connectivity index (χ1v) is 5.05. The number of aromatic nitrogens is 1. The van der Waals surface area contributed by atoms with Gasteiger partial charge in [0.15, 0.2) is 0 Å². The van der Waals surface area contributed by atoms with E-state index in [1.54, 1.807) is 6.20 Å². The molecule has 80 valence electrons. The largest absolute Gasteiger partial charge is 0.389 e. The molecular formula is C11H15N3O. The summed E-state index contributed by atoms with van der Waals surface area (Å²) in [6.07, 6.45) is 1.57. The first-order valence-electron chi connectivity index (χ1n) is 5.05. The summed E-state index contributed by atoms with van der Waals surface area (Å²) in [5, 5.41) is 9.21. The number of pyridine rings is 1. The molecule has 15 heavy (non-hydrogen) atoms. The minimum Gasteiger partial charge on any atom is -0.389 e. The molecule has 0 saturated carbocycles. The van der Waals surface area contributed by atoms with Crippen LogP contribution in [0.4, 0.5) is 5.82 Å². The third-order valence-electron chi connectivity index (χ3n) is 2.71. The topological polar surface area (TPSA) is 48.7 Å². The van der Waals surface area contributed by atoms with Crippen LogP contribution in [0.2, 0.25) is 0 Å². The van der Waals surface area contributed by atoms with Crippen LogP contribution in [0, 0.1) is 0 Å². The number of hydrogen-bond donors (Lipinski definition) is 1. The second-order valence-corrected chi connectivity index (χ2v) is 3.86. The van der Waals surface area contributed by atoms with Crippen molar-refractivity contribution in [3.8, 4) is 0 Å². The molecule has 2 heterocycles. The van der Waals surface area contributed by atoms with Crippen molar-refractivity contribution in [1.29, 1.82) is 0 Å². The maximum Gasteiger partial charge on any atom is 0.128 e. The van der Waals surface area contributed by atoms with Crippen LogP contribution in [0.1, 0.15) is 18.5 Å². The SMILES string of the molecule is C=NC(C)c1ccnc(N2CC(O)C2)c1. The molecule has 1 aliphatic rings. The minimum absolute atomic E-state index is 0.0953. The van der Waals surface area contributed by atoms with E-state index in [9.17, 15) is 5.11 Å². The number of aliphatic hydroxyl groups excluding tert-OH is 1. The molecule has 1 N–H and O–H groups in total. The number of β-amino-alcohol motifs (C(OH)–C–C–N with tert-alkyl or cyclic N) is 1. The Morgan fingerprint density at radius 1 is 1.67 bits per heavy atom. The molecule has 1 unspecified atom stereocenters. The van der Waals surface area contributed by atoms with Crippen molar-refractivity contribution in [2.24, 2.45) is 4.99 Å². The van der Waals surface area contributed by atoms with E-state index in [0.29, 0.717) is 13.1 Å². The predicted molar refractivity (Wildman–Crippen MR) is 60.4 cm³/mol. The van der Waals surface area contributed by atoms with E-state index in [2.05, 4.69) is 16.7 Å². The van der Waals surface area contributed by atoms with Crippen LogP contribution in [0.3, 0.4) is 0 Å². The molecule has 0 amide bonds. The van der Waals surface area contributed by atoms with Gasteiger partial charge in [0.25, 0.3) is 0 Å². The molecule has 4 heteroatoms. The number of aliphatic imine (C=N–C) groups is 1. The van der Waals surface area contributed by atoms with Crippen LogP contribution < -0.4 is 4.90 Å². The summed E-state index contributed by atoms with van der Waals surface area (Å²) in [7, 11) is 0. The van der Waals surface area contributed by atoms with Gasteiger partial charge in [-0.2, -0.15) is 0 Å². The molecule has 2 rings (SSSR count). The fourth-order valence-corrected chi connectivity index (χ4v) is 1.61. The van der Waals surface area contributed by atoms with Gasteiger partial charge in [-0.15, -0.1) is 0 Å². The predicted octanol–water partition coefficient (Wildman–Crippen LogP) is 1.02. The first kappa shape index (κ1) is 10.1. The van der Waals surface area contributed by atoms with Gasteiger partial charge in [0.2, 0.25) is 0 Å². The zero-order chi connectivity index (χ0) is 10.8. The average Bonchev–Trinajstić information content (AvgIpc) is 2.24. The Balaban J connectivity index is 2.15. The highest BCUT2D eigenvalue weighted by Crippen LogP contribution is 2.23. The summed E-state index contributed by atoms with van der Waals surface area (Å²) in [4.78, 5) is 10.3. The van der Waals surface area contributed by atoms with Crippen LogP contribution in [-0.4, -0.2) is 36.0 Å². The molecular weight excluding hydrogens is 190 g/mol. The van der Waals surface area contributed by atoms with Gasteiger partial charge in [-0.3, -0.25) is 4.99 Å². The lowest BCUT2D eigenvalue weighted by molar-refractivity contribution is 0.141. The van der Waals surface area contributed by atoms with Crippen LogP contribution in [-0.2, 0) is 0 Å². The second kappa shape index (κ2) is 3.98. The zero-order valence-corrected chi connectivity index (χ0v) is 8.80. The summed E-state index contributed by atoms with van der Waals surface area (Å²) in [6, 6.07) is 4.04. The number of rotatable bonds is 3. The monoisotopic (exact) mass is 205 g/mol. The first-order chi connectivity index (χ1) is 7.20. The number of anilines is 1. The van der Waals surface area contributed by atoms with E-state index in [0.717, 1.165) is 11.4 Å². The van der Waals surface area contributed by atoms with Gasteiger partial charge >= 0.3 is 0 Å². The van der Waals surface area contributed by atoms with Crippen molar-refractivity contribution in [1.82, 2.24) is 4.98 Å². The van der Waals surface area contributed by atoms with E-state index in [1.807, 2.05) is 24.0 Å². The summed E-state index contributed by atoms with van der Waals surface area (Å²) in [5.74, 6) is 0.910. The molecule has 0 aliphatic carbocycles. The number of aliphatic hydroxyl groups is 1. The molecule has 0 aromatic carbocycles. The Labute approximate surface area is 89.3 Å². The van der Waals surface area contributed by atoms with Crippen molar-refractivity contribution in [2.45, 2.75) is 19.1 Å². The Kier molecular flexibility index (Phi) is 2.68. The van der Waals surface area contributed by atoms with E-state index in [1.165, 1.54) is 0 Å². The van der Waals surface area contributed by atoms with E-state index >= 15 is 0 Å². The third-order valence-corrected chi connectivity index (χ3v) is 2.71.